The number of hydrogen-bond acceptors (Lipinski definition) is 5. The number of nitrogens with zero attached hydrogens (tertiary/aromatic N) is 3. The van der Waals surface area contributed by atoms with Gasteiger partial charge >= 0.3 is 0 Å². The number of hydrogen-bond donors (Lipinski definition) is 2. The molecule has 1 aliphatic heterocycles. The third-order valence-electron chi connectivity index (χ3n) is 6.75. The van der Waals surface area contributed by atoms with Crippen LogP contribution in [-0.2, 0) is 6.54 Å². The van der Waals surface area contributed by atoms with Crippen LogP contribution < -0.4 is 15.8 Å². The quantitative estimate of drug-likeness (QED) is 0.447. The standard InChI is InChI=1S/C27H35FN4O2/c1-19(2)9-14-32-25-17-26(29-18-21(25)16-24(28)27(32)34)30-22-5-7-23(8-6-22)31-12-10-20(11-13-31)4-3-15-33/h5-8,16-20,33H,3-4,9-15H2,1-2H3,(H,29,30). The van der Waals surface area contributed by atoms with Crippen LogP contribution in [0.2, 0.25) is 0 Å². The number of benzene rings is 1. The average molecular weight is 467 g/mol. The van der Waals surface area contributed by atoms with Gasteiger partial charge in [0.05, 0.1) is 5.52 Å². The van der Waals surface area contributed by atoms with E-state index in [0.29, 0.717) is 29.2 Å². The minimum atomic E-state index is -0.744. The normalized spacial score (nSPS) is 14.8. The van der Waals surface area contributed by atoms with E-state index >= 15 is 0 Å². The Morgan fingerprint density at radius 3 is 2.59 bits per heavy atom. The van der Waals surface area contributed by atoms with Crippen molar-refractivity contribution >= 4 is 28.1 Å². The third kappa shape index (κ3) is 5.76. The highest BCUT2D eigenvalue weighted by atomic mass is 19.1. The zero-order valence-electron chi connectivity index (χ0n) is 20.1. The molecule has 0 radical (unpaired) electrons. The van der Waals surface area contributed by atoms with Gasteiger partial charge in [-0.25, -0.2) is 9.37 Å². The summed E-state index contributed by atoms with van der Waals surface area (Å²) in [5, 5.41) is 13.0. The van der Waals surface area contributed by atoms with Crippen LogP contribution >= 0.6 is 0 Å². The van der Waals surface area contributed by atoms with Crippen molar-refractivity contribution in [2.75, 3.05) is 29.9 Å². The summed E-state index contributed by atoms with van der Waals surface area (Å²) in [6.45, 7) is 7.01. The highest BCUT2D eigenvalue weighted by Gasteiger charge is 2.19. The van der Waals surface area contributed by atoms with Gasteiger partial charge < -0.3 is 19.9 Å². The first-order valence-corrected chi connectivity index (χ1v) is 12.4. The van der Waals surface area contributed by atoms with Crippen molar-refractivity contribution in [2.24, 2.45) is 11.8 Å². The summed E-state index contributed by atoms with van der Waals surface area (Å²) in [6.07, 6.45) is 6.76. The molecule has 2 aromatic heterocycles. The van der Waals surface area contributed by atoms with Gasteiger partial charge in [-0.05, 0) is 74.3 Å². The van der Waals surface area contributed by atoms with Gasteiger partial charge in [-0.3, -0.25) is 4.79 Å². The summed E-state index contributed by atoms with van der Waals surface area (Å²) in [6, 6.07) is 11.4. The zero-order chi connectivity index (χ0) is 24.1. The molecule has 0 bridgehead atoms. The Kier molecular flexibility index (Phi) is 7.83. The van der Waals surface area contributed by atoms with Gasteiger partial charge in [0.15, 0.2) is 5.82 Å². The molecule has 0 atom stereocenters. The Balaban J connectivity index is 1.47. The van der Waals surface area contributed by atoms with E-state index in [0.717, 1.165) is 44.0 Å². The summed E-state index contributed by atoms with van der Waals surface area (Å²) >= 11 is 0. The van der Waals surface area contributed by atoms with Crippen molar-refractivity contribution in [2.45, 2.75) is 52.5 Å². The largest absolute Gasteiger partial charge is 0.396 e. The fraction of sp³-hybridized carbons (Fsp3) is 0.481. The molecule has 1 fully saturated rings. The van der Waals surface area contributed by atoms with E-state index in [9.17, 15) is 9.18 Å². The van der Waals surface area contributed by atoms with E-state index in [1.54, 1.807) is 6.20 Å². The second kappa shape index (κ2) is 11.0. The summed E-state index contributed by atoms with van der Waals surface area (Å²) in [4.78, 5) is 19.3. The summed E-state index contributed by atoms with van der Waals surface area (Å²) in [5.41, 5.74) is 2.21. The van der Waals surface area contributed by atoms with Crippen molar-refractivity contribution in [1.29, 1.82) is 0 Å². The van der Waals surface area contributed by atoms with Gasteiger partial charge in [-0.2, -0.15) is 0 Å². The molecule has 6 nitrogen and oxygen atoms in total. The lowest BCUT2D eigenvalue weighted by atomic mass is 9.92. The number of fused-ring (bicyclic) bond motifs is 1. The lowest BCUT2D eigenvalue weighted by Crippen LogP contribution is -2.33. The van der Waals surface area contributed by atoms with Gasteiger partial charge in [0.1, 0.15) is 5.82 Å². The Morgan fingerprint density at radius 1 is 1.18 bits per heavy atom. The van der Waals surface area contributed by atoms with Crippen molar-refractivity contribution in [1.82, 2.24) is 9.55 Å². The van der Waals surface area contributed by atoms with Crippen LogP contribution in [0.5, 0.6) is 0 Å². The van der Waals surface area contributed by atoms with Crippen molar-refractivity contribution in [3.05, 3.63) is 58.8 Å². The van der Waals surface area contributed by atoms with Crippen LogP contribution in [0.25, 0.3) is 10.9 Å². The SMILES string of the molecule is CC(C)CCn1c(=O)c(F)cc2cnc(Nc3ccc(N4CCC(CCCO)CC4)cc3)cc21. The van der Waals surface area contributed by atoms with Crippen LogP contribution in [-0.4, -0.2) is 34.4 Å². The fourth-order valence-corrected chi connectivity index (χ4v) is 4.68. The fourth-order valence-electron chi connectivity index (χ4n) is 4.68. The predicted octanol–water partition coefficient (Wildman–Crippen LogP) is 5.31. The lowest BCUT2D eigenvalue weighted by molar-refractivity contribution is 0.261. The molecule has 0 unspecified atom stereocenters. The molecular weight excluding hydrogens is 431 g/mol. The number of aromatic nitrogens is 2. The van der Waals surface area contributed by atoms with Crippen LogP contribution in [0, 0.1) is 17.7 Å². The Hall–Kier alpha value is -2.93. The molecule has 3 aromatic rings. The number of aryl methyl sites for hydroxylation is 1. The van der Waals surface area contributed by atoms with Gasteiger partial charge in [0.25, 0.3) is 5.56 Å². The van der Waals surface area contributed by atoms with E-state index < -0.39 is 11.4 Å². The zero-order valence-corrected chi connectivity index (χ0v) is 20.1. The molecule has 2 N–H and O–H groups in total. The maximum atomic E-state index is 14.2. The first kappa shape index (κ1) is 24.2. The molecule has 182 valence electrons. The molecule has 1 aliphatic rings. The van der Waals surface area contributed by atoms with Gasteiger partial charge in [-0.1, -0.05) is 13.8 Å². The molecule has 0 spiro atoms. The monoisotopic (exact) mass is 466 g/mol. The second-order valence-electron chi connectivity index (χ2n) is 9.73. The molecule has 1 saturated heterocycles. The third-order valence-corrected chi connectivity index (χ3v) is 6.75. The average Bonchev–Trinajstić information content (AvgIpc) is 2.84. The number of aliphatic hydroxyl groups excluding tert-OH is 1. The maximum Gasteiger partial charge on any atom is 0.287 e. The van der Waals surface area contributed by atoms with E-state index in [1.165, 1.54) is 29.2 Å². The number of pyridine rings is 2. The van der Waals surface area contributed by atoms with Crippen LogP contribution in [0.3, 0.4) is 0 Å². The first-order valence-electron chi connectivity index (χ1n) is 12.4. The lowest BCUT2D eigenvalue weighted by Gasteiger charge is -2.33. The smallest absolute Gasteiger partial charge is 0.287 e. The van der Waals surface area contributed by atoms with Crippen LogP contribution in [0.1, 0.15) is 46.0 Å². The number of halogens is 1. The van der Waals surface area contributed by atoms with Gasteiger partial charge in [0.2, 0.25) is 0 Å². The number of nitrogens with one attached hydrogen (secondary N) is 1. The summed E-state index contributed by atoms with van der Waals surface area (Å²) in [7, 11) is 0. The number of aliphatic hydroxyl groups is 1. The molecule has 0 amide bonds. The predicted molar refractivity (Wildman–Crippen MR) is 136 cm³/mol. The Bertz CT molecular complexity index is 1150. The molecular formula is C27H35FN4O2. The molecule has 3 heterocycles. The second-order valence-corrected chi connectivity index (χ2v) is 9.73. The molecule has 7 heteroatoms. The van der Waals surface area contributed by atoms with E-state index in [-0.39, 0.29) is 6.61 Å². The van der Waals surface area contributed by atoms with Gasteiger partial charge in [0, 0.05) is 55.3 Å². The van der Waals surface area contributed by atoms with E-state index in [1.807, 2.05) is 18.2 Å². The summed E-state index contributed by atoms with van der Waals surface area (Å²) < 4.78 is 15.7. The van der Waals surface area contributed by atoms with E-state index in [4.69, 9.17) is 5.11 Å². The Labute approximate surface area is 200 Å². The topological polar surface area (TPSA) is 70.4 Å². The van der Waals surface area contributed by atoms with Crippen LogP contribution in [0.15, 0.2) is 47.4 Å². The van der Waals surface area contributed by atoms with Crippen molar-refractivity contribution in [3.63, 3.8) is 0 Å². The highest BCUT2D eigenvalue weighted by molar-refractivity contribution is 5.81. The van der Waals surface area contributed by atoms with Gasteiger partial charge in [-0.15, -0.1) is 0 Å². The Morgan fingerprint density at radius 2 is 1.91 bits per heavy atom. The summed E-state index contributed by atoms with van der Waals surface area (Å²) in [5.74, 6) is 1.00. The minimum absolute atomic E-state index is 0.285. The maximum absolute atomic E-state index is 14.2. The highest BCUT2D eigenvalue weighted by Crippen LogP contribution is 2.28. The molecule has 4 rings (SSSR count). The number of piperidine rings is 1. The molecule has 34 heavy (non-hydrogen) atoms. The molecule has 1 aromatic carbocycles. The number of rotatable bonds is 9. The van der Waals surface area contributed by atoms with Crippen molar-refractivity contribution < 1.29 is 9.50 Å². The number of anilines is 3. The molecule has 0 aliphatic carbocycles. The van der Waals surface area contributed by atoms with Crippen LogP contribution in [0.4, 0.5) is 21.6 Å². The molecule has 0 saturated carbocycles. The minimum Gasteiger partial charge on any atom is -0.396 e. The first-order chi connectivity index (χ1) is 16.4. The van der Waals surface area contributed by atoms with Crippen molar-refractivity contribution in [3.8, 4) is 0 Å². The van der Waals surface area contributed by atoms with E-state index in [2.05, 4.69) is 41.2 Å².